The molecule has 3 fully saturated rings. The van der Waals surface area contributed by atoms with Crippen molar-refractivity contribution in [2.45, 2.75) is 90.5 Å². The van der Waals surface area contributed by atoms with E-state index in [1.165, 1.54) is 51.5 Å². The summed E-state index contributed by atoms with van der Waals surface area (Å²) in [5.74, 6) is 3.27. The van der Waals surface area contributed by atoms with E-state index in [0.717, 1.165) is 23.8 Å². The zero-order valence-corrected chi connectivity index (χ0v) is 13.8. The van der Waals surface area contributed by atoms with Crippen LogP contribution in [0.15, 0.2) is 0 Å². The highest BCUT2D eigenvalue weighted by molar-refractivity contribution is 4.98. The largest absolute Gasteiger partial charge is 0.313 e. The number of nitrogens with one attached hydrogen (secondary N) is 1. The van der Waals surface area contributed by atoms with Gasteiger partial charge in [-0.05, 0) is 81.1 Å². The number of hydrogen-bond donors (Lipinski definition) is 1. The van der Waals surface area contributed by atoms with Gasteiger partial charge in [-0.25, -0.2) is 0 Å². The van der Waals surface area contributed by atoms with E-state index in [0.29, 0.717) is 5.41 Å². The van der Waals surface area contributed by atoms with Gasteiger partial charge >= 0.3 is 0 Å². The van der Waals surface area contributed by atoms with Crippen LogP contribution in [0.3, 0.4) is 0 Å². The van der Waals surface area contributed by atoms with Crippen molar-refractivity contribution >= 4 is 0 Å². The Hall–Kier alpha value is -0.0400. The molecule has 3 saturated carbocycles. The Kier molecular flexibility index (Phi) is 4.75. The number of rotatable bonds is 7. The van der Waals surface area contributed by atoms with Crippen molar-refractivity contribution in [2.75, 3.05) is 6.54 Å². The average molecular weight is 277 g/mol. The van der Waals surface area contributed by atoms with E-state index in [1.807, 2.05) is 0 Å². The van der Waals surface area contributed by atoms with Crippen LogP contribution < -0.4 is 5.32 Å². The lowest BCUT2D eigenvalue weighted by Gasteiger charge is -2.40. The van der Waals surface area contributed by atoms with Crippen molar-refractivity contribution in [1.29, 1.82) is 0 Å². The minimum Gasteiger partial charge on any atom is -0.313 e. The molecule has 4 atom stereocenters. The Morgan fingerprint density at radius 2 is 1.90 bits per heavy atom. The van der Waals surface area contributed by atoms with E-state index < -0.39 is 0 Å². The van der Waals surface area contributed by atoms with Gasteiger partial charge < -0.3 is 5.32 Å². The van der Waals surface area contributed by atoms with E-state index in [-0.39, 0.29) is 0 Å². The van der Waals surface area contributed by atoms with Crippen LogP contribution in [0.4, 0.5) is 0 Å². The van der Waals surface area contributed by atoms with Crippen molar-refractivity contribution < 1.29 is 0 Å². The van der Waals surface area contributed by atoms with Crippen LogP contribution in [0.1, 0.15) is 84.5 Å². The first-order chi connectivity index (χ1) is 9.77. The predicted molar refractivity (Wildman–Crippen MR) is 86.8 cm³/mol. The molecule has 0 saturated heterocycles. The summed E-state index contributed by atoms with van der Waals surface area (Å²) < 4.78 is 0. The van der Waals surface area contributed by atoms with Crippen LogP contribution >= 0.6 is 0 Å². The maximum Gasteiger partial charge on any atom is 0.0126 e. The lowest BCUT2D eigenvalue weighted by Crippen LogP contribution is -2.45. The summed E-state index contributed by atoms with van der Waals surface area (Å²) in [5, 5.41) is 3.99. The Morgan fingerprint density at radius 3 is 2.45 bits per heavy atom. The second-order valence-electron chi connectivity index (χ2n) is 8.10. The molecule has 4 unspecified atom stereocenters. The van der Waals surface area contributed by atoms with Crippen molar-refractivity contribution in [3.63, 3.8) is 0 Å². The van der Waals surface area contributed by atoms with E-state index in [1.54, 1.807) is 25.7 Å². The fraction of sp³-hybridized carbons (Fsp3) is 1.00. The van der Waals surface area contributed by atoms with Gasteiger partial charge in [0.15, 0.2) is 0 Å². The number of fused-ring (bicyclic) bond motifs is 2. The molecule has 116 valence electrons. The molecule has 0 aromatic rings. The minimum atomic E-state index is 0.650. The molecular weight excluding hydrogens is 242 g/mol. The second kappa shape index (κ2) is 6.38. The standard InChI is InChI=1S/C19H35N/c1-3-11-20-18(19(4-2)9-5-6-10-19)14-17-13-15-7-8-16(17)12-15/h15-18,20H,3-14H2,1-2H3. The van der Waals surface area contributed by atoms with Crippen LogP contribution in [0.25, 0.3) is 0 Å². The van der Waals surface area contributed by atoms with Gasteiger partial charge in [-0.2, -0.15) is 0 Å². The smallest absolute Gasteiger partial charge is 0.0126 e. The molecule has 20 heavy (non-hydrogen) atoms. The molecule has 3 rings (SSSR count). The molecule has 0 aromatic heterocycles. The van der Waals surface area contributed by atoms with Crippen LogP contribution in [-0.2, 0) is 0 Å². The third-order valence-electron chi connectivity index (χ3n) is 7.11. The zero-order valence-electron chi connectivity index (χ0n) is 13.8. The Morgan fingerprint density at radius 1 is 1.10 bits per heavy atom. The zero-order chi connectivity index (χ0) is 14.0. The molecule has 1 N–H and O–H groups in total. The van der Waals surface area contributed by atoms with Gasteiger partial charge in [-0.1, -0.05) is 33.1 Å². The maximum atomic E-state index is 3.99. The van der Waals surface area contributed by atoms with E-state index in [2.05, 4.69) is 19.2 Å². The fourth-order valence-corrected chi connectivity index (χ4v) is 5.86. The van der Waals surface area contributed by atoms with Gasteiger partial charge in [0.2, 0.25) is 0 Å². The monoisotopic (exact) mass is 277 g/mol. The lowest BCUT2D eigenvalue weighted by atomic mass is 9.71. The van der Waals surface area contributed by atoms with Gasteiger partial charge in [0.25, 0.3) is 0 Å². The van der Waals surface area contributed by atoms with Gasteiger partial charge in [-0.15, -0.1) is 0 Å². The summed E-state index contributed by atoms with van der Waals surface area (Å²) >= 11 is 0. The highest BCUT2D eigenvalue weighted by Crippen LogP contribution is 2.53. The van der Waals surface area contributed by atoms with Gasteiger partial charge in [0.05, 0.1) is 0 Å². The first-order valence-electron chi connectivity index (χ1n) is 9.51. The quantitative estimate of drug-likeness (QED) is 0.678. The maximum absolute atomic E-state index is 3.99. The lowest BCUT2D eigenvalue weighted by molar-refractivity contribution is 0.142. The van der Waals surface area contributed by atoms with Gasteiger partial charge in [0.1, 0.15) is 0 Å². The van der Waals surface area contributed by atoms with E-state index in [4.69, 9.17) is 0 Å². The summed E-state index contributed by atoms with van der Waals surface area (Å²) in [7, 11) is 0. The number of hydrogen-bond acceptors (Lipinski definition) is 1. The normalized spacial score (nSPS) is 36.6. The molecule has 2 bridgehead atoms. The van der Waals surface area contributed by atoms with Crippen molar-refractivity contribution in [2.24, 2.45) is 23.2 Å². The molecule has 1 heteroatoms. The summed E-state index contributed by atoms with van der Waals surface area (Å²) in [4.78, 5) is 0. The summed E-state index contributed by atoms with van der Waals surface area (Å²) in [6.45, 7) is 5.99. The molecule has 0 aromatic carbocycles. The second-order valence-corrected chi connectivity index (χ2v) is 8.10. The van der Waals surface area contributed by atoms with Crippen LogP contribution in [-0.4, -0.2) is 12.6 Å². The first kappa shape index (κ1) is 14.9. The van der Waals surface area contributed by atoms with Crippen LogP contribution in [0, 0.1) is 23.2 Å². The third kappa shape index (κ3) is 2.80. The molecule has 1 nitrogen and oxygen atoms in total. The minimum absolute atomic E-state index is 0.650. The Balaban J connectivity index is 1.66. The predicted octanol–water partition coefficient (Wildman–Crippen LogP) is 5.15. The van der Waals surface area contributed by atoms with Crippen LogP contribution in [0.5, 0.6) is 0 Å². The Bertz CT molecular complexity index is 305. The van der Waals surface area contributed by atoms with Gasteiger partial charge in [0, 0.05) is 6.04 Å². The van der Waals surface area contributed by atoms with E-state index in [9.17, 15) is 0 Å². The molecule has 0 aliphatic heterocycles. The summed E-state index contributed by atoms with van der Waals surface area (Å²) in [6, 6.07) is 0.819. The Labute approximate surface area is 126 Å². The highest BCUT2D eigenvalue weighted by atomic mass is 14.9. The third-order valence-corrected chi connectivity index (χ3v) is 7.11. The molecule has 3 aliphatic carbocycles. The SMILES string of the molecule is CCCNC(CC1CC2CCC1C2)C1(CC)CCCC1. The average Bonchev–Trinajstić information content (AvgIpc) is 3.19. The first-order valence-corrected chi connectivity index (χ1v) is 9.51. The fourth-order valence-electron chi connectivity index (χ4n) is 5.86. The van der Waals surface area contributed by atoms with Crippen molar-refractivity contribution in [1.82, 2.24) is 5.32 Å². The van der Waals surface area contributed by atoms with Crippen LogP contribution in [0.2, 0.25) is 0 Å². The highest BCUT2D eigenvalue weighted by Gasteiger charge is 2.45. The molecule has 3 aliphatic rings. The molecule has 0 heterocycles. The van der Waals surface area contributed by atoms with Gasteiger partial charge in [-0.3, -0.25) is 0 Å². The molecule has 0 spiro atoms. The molecule has 0 amide bonds. The molecular formula is C19H35N. The van der Waals surface area contributed by atoms with Crippen molar-refractivity contribution in [3.05, 3.63) is 0 Å². The summed E-state index contributed by atoms with van der Waals surface area (Å²) in [6.07, 6.45) is 16.4. The molecule has 0 radical (unpaired) electrons. The van der Waals surface area contributed by atoms with E-state index >= 15 is 0 Å². The summed E-state index contributed by atoms with van der Waals surface area (Å²) in [5.41, 5.74) is 0.650. The van der Waals surface area contributed by atoms with Crippen molar-refractivity contribution in [3.8, 4) is 0 Å². The topological polar surface area (TPSA) is 12.0 Å².